The van der Waals surface area contributed by atoms with E-state index in [2.05, 4.69) is 15.5 Å². The molecular weight excluding hydrogens is 372 g/mol. The van der Waals surface area contributed by atoms with Crippen LogP contribution in [0.1, 0.15) is 12.0 Å². The fraction of sp³-hybridized carbons (Fsp3) is 0.529. The van der Waals surface area contributed by atoms with E-state index in [1.165, 1.54) is 12.1 Å². The smallest absolute Gasteiger partial charge is 0.238 e. The number of nitrogens with zero attached hydrogens (tertiary/aromatic N) is 1. The molecule has 150 valence electrons. The first-order chi connectivity index (χ1) is 12.8. The molecule has 27 heavy (non-hydrogen) atoms. The lowest BCUT2D eigenvalue weighted by Gasteiger charge is -2.26. The van der Waals surface area contributed by atoms with Crippen molar-refractivity contribution < 1.29 is 22.7 Å². The molecule has 2 amide bonds. The third kappa shape index (κ3) is 8.04. The Morgan fingerprint density at radius 3 is 2.22 bits per heavy atom. The maximum atomic E-state index is 11.8. The van der Waals surface area contributed by atoms with Gasteiger partial charge in [0.1, 0.15) is 6.42 Å². The van der Waals surface area contributed by atoms with Crippen LogP contribution in [-0.4, -0.2) is 71.1 Å². The second kappa shape index (κ2) is 10.4. The van der Waals surface area contributed by atoms with Gasteiger partial charge in [-0.3, -0.25) is 14.5 Å². The molecule has 2 rings (SSSR count). The summed E-state index contributed by atoms with van der Waals surface area (Å²) in [7, 11) is -3.71. The van der Waals surface area contributed by atoms with Crippen molar-refractivity contribution in [3.63, 3.8) is 0 Å². The van der Waals surface area contributed by atoms with Crippen LogP contribution in [0.3, 0.4) is 0 Å². The monoisotopic (exact) mass is 398 g/mol. The van der Waals surface area contributed by atoms with Crippen molar-refractivity contribution in [3.05, 3.63) is 29.8 Å². The van der Waals surface area contributed by atoms with Crippen LogP contribution in [0.5, 0.6) is 0 Å². The molecule has 1 aromatic carbocycles. The second-order valence-corrected chi connectivity index (χ2v) is 7.83. The summed E-state index contributed by atoms with van der Waals surface area (Å²) in [4.78, 5) is 25.8. The first kappa shape index (κ1) is 21.3. The molecule has 0 spiro atoms. The maximum Gasteiger partial charge on any atom is 0.238 e. The summed E-state index contributed by atoms with van der Waals surface area (Å²) in [6, 6.07) is 6.14. The molecule has 0 radical (unpaired) electrons. The summed E-state index contributed by atoms with van der Waals surface area (Å²) in [6.45, 7) is 4.73. The Kier molecular flexibility index (Phi) is 8.17. The van der Waals surface area contributed by atoms with Gasteiger partial charge in [-0.1, -0.05) is 12.1 Å². The van der Waals surface area contributed by atoms with Crippen LogP contribution >= 0.6 is 0 Å². The summed E-state index contributed by atoms with van der Waals surface area (Å²) in [6.07, 6.45) is 0.308. The van der Waals surface area contributed by atoms with Crippen LogP contribution in [0.2, 0.25) is 0 Å². The first-order valence-corrected chi connectivity index (χ1v) is 10.3. The molecule has 0 aliphatic carbocycles. The van der Waals surface area contributed by atoms with Crippen LogP contribution in [0.4, 0.5) is 0 Å². The molecule has 1 saturated heterocycles. The molecule has 0 bridgehead atoms. The number of nitrogens with two attached hydrogens (primary N) is 1. The molecule has 1 aliphatic rings. The highest BCUT2D eigenvalue weighted by atomic mass is 32.2. The van der Waals surface area contributed by atoms with Crippen LogP contribution in [0.15, 0.2) is 29.2 Å². The summed E-state index contributed by atoms with van der Waals surface area (Å²) >= 11 is 0. The Balaban J connectivity index is 1.60. The van der Waals surface area contributed by atoms with Crippen LogP contribution in [0, 0.1) is 0 Å². The van der Waals surface area contributed by atoms with E-state index in [1.54, 1.807) is 12.1 Å². The van der Waals surface area contributed by atoms with Gasteiger partial charge in [-0.2, -0.15) is 0 Å². The lowest BCUT2D eigenvalue weighted by atomic mass is 10.1. The van der Waals surface area contributed by atoms with Crippen molar-refractivity contribution in [1.29, 1.82) is 0 Å². The summed E-state index contributed by atoms with van der Waals surface area (Å²) in [5.41, 5.74) is 0.859. The largest absolute Gasteiger partial charge is 0.379 e. The van der Waals surface area contributed by atoms with E-state index in [1.807, 2.05) is 0 Å². The number of rotatable bonds is 9. The SMILES string of the molecule is NS(=O)(=O)c1ccc(CCNC(=O)CC(=O)NCCN2CCOCC2)cc1. The average Bonchev–Trinajstić information content (AvgIpc) is 2.62. The van der Waals surface area contributed by atoms with Gasteiger partial charge < -0.3 is 15.4 Å². The Morgan fingerprint density at radius 2 is 1.63 bits per heavy atom. The van der Waals surface area contributed by atoms with E-state index < -0.39 is 10.0 Å². The van der Waals surface area contributed by atoms with E-state index >= 15 is 0 Å². The zero-order valence-electron chi connectivity index (χ0n) is 15.1. The van der Waals surface area contributed by atoms with Gasteiger partial charge in [-0.25, -0.2) is 13.6 Å². The normalized spacial score (nSPS) is 15.3. The Hall–Kier alpha value is -2.01. The molecular formula is C17H26N4O5S. The van der Waals surface area contributed by atoms with Crippen molar-refractivity contribution >= 4 is 21.8 Å². The Labute approximate surface area is 159 Å². The van der Waals surface area contributed by atoms with E-state index in [4.69, 9.17) is 9.88 Å². The van der Waals surface area contributed by atoms with Crippen molar-refractivity contribution in [3.8, 4) is 0 Å². The Morgan fingerprint density at radius 1 is 1.04 bits per heavy atom. The topological polar surface area (TPSA) is 131 Å². The number of primary sulfonamides is 1. The molecule has 0 aromatic heterocycles. The highest BCUT2D eigenvalue weighted by molar-refractivity contribution is 7.89. The van der Waals surface area contributed by atoms with Gasteiger partial charge in [0, 0.05) is 32.7 Å². The van der Waals surface area contributed by atoms with Gasteiger partial charge in [-0.05, 0) is 24.1 Å². The minimum absolute atomic E-state index is 0.0454. The van der Waals surface area contributed by atoms with Crippen molar-refractivity contribution in [2.45, 2.75) is 17.7 Å². The number of sulfonamides is 1. The van der Waals surface area contributed by atoms with Gasteiger partial charge in [0.15, 0.2) is 0 Å². The second-order valence-electron chi connectivity index (χ2n) is 6.27. The molecule has 1 aromatic rings. The maximum absolute atomic E-state index is 11.8. The molecule has 0 unspecified atom stereocenters. The number of ether oxygens (including phenoxy) is 1. The number of benzene rings is 1. The van der Waals surface area contributed by atoms with E-state index in [9.17, 15) is 18.0 Å². The van der Waals surface area contributed by atoms with Crippen molar-refractivity contribution in [2.24, 2.45) is 5.14 Å². The summed E-state index contributed by atoms with van der Waals surface area (Å²) in [5, 5.41) is 10.5. The average molecular weight is 398 g/mol. The fourth-order valence-corrected chi connectivity index (χ4v) is 3.16. The molecule has 4 N–H and O–H groups in total. The molecule has 1 aliphatic heterocycles. The number of nitrogens with one attached hydrogen (secondary N) is 2. The minimum Gasteiger partial charge on any atom is -0.379 e. The van der Waals surface area contributed by atoms with Crippen molar-refractivity contribution in [1.82, 2.24) is 15.5 Å². The van der Waals surface area contributed by atoms with E-state index in [0.717, 1.165) is 25.2 Å². The number of hydrogen-bond donors (Lipinski definition) is 3. The number of morpholine rings is 1. The zero-order chi connectivity index (χ0) is 19.7. The number of amides is 2. The third-order valence-corrected chi connectivity index (χ3v) is 5.09. The number of carbonyl (C=O) groups excluding carboxylic acids is 2. The standard InChI is InChI=1S/C17H26N4O5S/c18-27(24,25)15-3-1-14(2-4-15)5-6-19-16(22)13-17(23)20-7-8-21-9-11-26-12-10-21/h1-4H,5-13H2,(H,19,22)(H,20,23)(H2,18,24,25). The van der Waals surface area contributed by atoms with Crippen LogP contribution in [0.25, 0.3) is 0 Å². The summed E-state index contributed by atoms with van der Waals surface area (Å²) < 4.78 is 27.6. The molecule has 0 atom stereocenters. The molecule has 1 fully saturated rings. The van der Waals surface area contributed by atoms with Gasteiger partial charge >= 0.3 is 0 Å². The van der Waals surface area contributed by atoms with Crippen LogP contribution < -0.4 is 15.8 Å². The zero-order valence-corrected chi connectivity index (χ0v) is 16.0. The molecule has 10 heteroatoms. The van der Waals surface area contributed by atoms with E-state index in [0.29, 0.717) is 32.7 Å². The van der Waals surface area contributed by atoms with E-state index in [-0.39, 0.29) is 23.1 Å². The quantitative estimate of drug-likeness (QED) is 0.449. The molecule has 0 saturated carbocycles. The highest BCUT2D eigenvalue weighted by Crippen LogP contribution is 2.08. The van der Waals surface area contributed by atoms with Gasteiger partial charge in [0.05, 0.1) is 18.1 Å². The van der Waals surface area contributed by atoms with Crippen LogP contribution in [-0.2, 0) is 30.8 Å². The number of carbonyl (C=O) groups is 2. The van der Waals surface area contributed by atoms with Crippen molar-refractivity contribution in [2.75, 3.05) is 45.9 Å². The third-order valence-electron chi connectivity index (χ3n) is 4.16. The molecule has 1 heterocycles. The Bertz CT molecular complexity index is 730. The highest BCUT2D eigenvalue weighted by Gasteiger charge is 2.12. The predicted octanol–water partition coefficient (Wildman–Crippen LogP) is -1.17. The number of hydrogen-bond acceptors (Lipinski definition) is 6. The molecule has 9 nitrogen and oxygen atoms in total. The lowest BCUT2D eigenvalue weighted by Crippen LogP contribution is -2.42. The summed E-state index contributed by atoms with van der Waals surface area (Å²) in [5.74, 6) is -0.654. The minimum atomic E-state index is -3.71. The van der Waals surface area contributed by atoms with Gasteiger partial charge in [0.2, 0.25) is 21.8 Å². The van der Waals surface area contributed by atoms with Gasteiger partial charge in [-0.15, -0.1) is 0 Å². The lowest BCUT2D eigenvalue weighted by molar-refractivity contribution is -0.129. The predicted molar refractivity (Wildman–Crippen MR) is 99.4 cm³/mol. The first-order valence-electron chi connectivity index (χ1n) is 8.80. The van der Waals surface area contributed by atoms with Gasteiger partial charge in [0.25, 0.3) is 0 Å². The fourth-order valence-electron chi connectivity index (χ4n) is 2.64.